The first-order chi connectivity index (χ1) is 13.8. The molecule has 1 aliphatic rings. The molecular formula is C24H28O5. The number of rotatable bonds is 6. The lowest BCUT2D eigenvalue weighted by Gasteiger charge is -2.29. The standard InChI is InChI=1S/C24H28O5/c1-24(2,3)22(26)18-12-9-17(10-13-18)11-14-21(25)29-20-15-27-23(28-16-20)19-7-5-4-6-8-19/h4-10,12-13,20,23H,11,14-16H2,1-3H3. The normalized spacial score (nSPS) is 19.6. The summed E-state index contributed by atoms with van der Waals surface area (Å²) in [6.07, 6.45) is 0.0180. The third kappa shape index (κ3) is 5.99. The molecule has 0 radical (unpaired) electrons. The fraction of sp³-hybridized carbons (Fsp3) is 0.417. The van der Waals surface area contributed by atoms with Gasteiger partial charge in [-0.1, -0.05) is 75.4 Å². The fourth-order valence-corrected chi connectivity index (χ4v) is 3.10. The topological polar surface area (TPSA) is 61.8 Å². The lowest BCUT2D eigenvalue weighted by molar-refractivity contribution is -0.229. The van der Waals surface area contributed by atoms with Crippen molar-refractivity contribution >= 4 is 11.8 Å². The second-order valence-electron chi connectivity index (χ2n) is 8.30. The molecule has 2 aromatic carbocycles. The Morgan fingerprint density at radius 2 is 1.59 bits per heavy atom. The van der Waals surface area contributed by atoms with Crippen LogP contribution < -0.4 is 0 Å². The first-order valence-corrected chi connectivity index (χ1v) is 9.94. The second kappa shape index (κ2) is 9.33. The van der Waals surface area contributed by atoms with Crippen molar-refractivity contribution in [1.29, 1.82) is 0 Å². The van der Waals surface area contributed by atoms with Crippen molar-refractivity contribution in [3.8, 4) is 0 Å². The van der Waals surface area contributed by atoms with E-state index in [-0.39, 0.29) is 18.2 Å². The van der Waals surface area contributed by atoms with Crippen molar-refractivity contribution in [3.05, 3.63) is 71.3 Å². The Kier molecular flexibility index (Phi) is 6.83. The van der Waals surface area contributed by atoms with E-state index in [9.17, 15) is 9.59 Å². The predicted octanol–water partition coefficient (Wildman–Crippen LogP) is 4.51. The summed E-state index contributed by atoms with van der Waals surface area (Å²) in [4.78, 5) is 24.4. The molecule has 0 bridgehead atoms. The maximum Gasteiger partial charge on any atom is 0.306 e. The highest BCUT2D eigenvalue weighted by atomic mass is 16.7. The van der Waals surface area contributed by atoms with E-state index in [0.717, 1.165) is 11.1 Å². The van der Waals surface area contributed by atoms with Gasteiger partial charge in [0.2, 0.25) is 0 Å². The van der Waals surface area contributed by atoms with Gasteiger partial charge in [-0.15, -0.1) is 0 Å². The molecule has 0 saturated carbocycles. The minimum atomic E-state index is -0.416. The lowest BCUT2D eigenvalue weighted by Crippen LogP contribution is -2.35. The van der Waals surface area contributed by atoms with Gasteiger partial charge in [0.15, 0.2) is 12.1 Å². The van der Waals surface area contributed by atoms with Crippen LogP contribution in [-0.2, 0) is 25.4 Å². The molecule has 29 heavy (non-hydrogen) atoms. The van der Waals surface area contributed by atoms with E-state index < -0.39 is 17.8 Å². The largest absolute Gasteiger partial charge is 0.457 e. The van der Waals surface area contributed by atoms with Gasteiger partial charge in [-0.2, -0.15) is 0 Å². The van der Waals surface area contributed by atoms with Crippen LogP contribution in [0.4, 0.5) is 0 Å². The number of hydrogen-bond acceptors (Lipinski definition) is 5. The molecule has 1 heterocycles. The van der Waals surface area contributed by atoms with Crippen molar-refractivity contribution < 1.29 is 23.8 Å². The van der Waals surface area contributed by atoms with Crippen molar-refractivity contribution in [2.24, 2.45) is 5.41 Å². The number of aryl methyl sites for hydroxylation is 1. The van der Waals surface area contributed by atoms with Gasteiger partial charge in [-0.25, -0.2) is 0 Å². The molecule has 0 atom stereocenters. The van der Waals surface area contributed by atoms with Gasteiger partial charge in [-0.3, -0.25) is 9.59 Å². The van der Waals surface area contributed by atoms with Crippen LogP contribution in [-0.4, -0.2) is 31.1 Å². The fourth-order valence-electron chi connectivity index (χ4n) is 3.10. The molecule has 0 N–H and O–H groups in total. The van der Waals surface area contributed by atoms with Crippen LogP contribution >= 0.6 is 0 Å². The van der Waals surface area contributed by atoms with Crippen LogP contribution in [0.5, 0.6) is 0 Å². The van der Waals surface area contributed by atoms with E-state index in [0.29, 0.717) is 25.2 Å². The summed E-state index contributed by atoms with van der Waals surface area (Å²) < 4.78 is 16.8. The van der Waals surface area contributed by atoms with E-state index in [1.807, 2.05) is 75.4 Å². The highest BCUT2D eigenvalue weighted by Gasteiger charge is 2.26. The van der Waals surface area contributed by atoms with Crippen LogP contribution in [0.15, 0.2) is 54.6 Å². The summed E-state index contributed by atoms with van der Waals surface area (Å²) in [5, 5.41) is 0. The maximum atomic E-state index is 12.3. The average Bonchev–Trinajstić information content (AvgIpc) is 2.73. The third-order valence-corrected chi connectivity index (χ3v) is 4.75. The highest BCUT2D eigenvalue weighted by molar-refractivity contribution is 5.99. The Labute approximate surface area is 172 Å². The van der Waals surface area contributed by atoms with Gasteiger partial charge in [0.1, 0.15) is 6.10 Å². The quantitative estimate of drug-likeness (QED) is 0.531. The van der Waals surface area contributed by atoms with Crippen molar-refractivity contribution in [1.82, 2.24) is 0 Å². The smallest absolute Gasteiger partial charge is 0.306 e. The molecule has 5 heteroatoms. The molecule has 1 aliphatic heterocycles. The van der Waals surface area contributed by atoms with Gasteiger partial charge in [0.05, 0.1) is 13.2 Å². The van der Waals surface area contributed by atoms with Gasteiger partial charge in [-0.05, 0) is 12.0 Å². The number of esters is 1. The van der Waals surface area contributed by atoms with Crippen LogP contribution in [0.2, 0.25) is 0 Å². The first kappa shape index (κ1) is 21.2. The molecule has 1 saturated heterocycles. The zero-order valence-corrected chi connectivity index (χ0v) is 17.2. The summed E-state index contributed by atoms with van der Waals surface area (Å²) in [7, 11) is 0. The van der Waals surface area contributed by atoms with Gasteiger partial charge in [0.25, 0.3) is 0 Å². The van der Waals surface area contributed by atoms with E-state index in [4.69, 9.17) is 14.2 Å². The molecule has 0 aromatic heterocycles. The molecular weight excluding hydrogens is 368 g/mol. The van der Waals surface area contributed by atoms with Crippen LogP contribution in [0.3, 0.4) is 0 Å². The number of benzene rings is 2. The summed E-state index contributed by atoms with van der Waals surface area (Å²) >= 11 is 0. The average molecular weight is 396 g/mol. The Morgan fingerprint density at radius 3 is 2.17 bits per heavy atom. The molecule has 0 unspecified atom stereocenters. The van der Waals surface area contributed by atoms with E-state index in [1.165, 1.54) is 0 Å². The monoisotopic (exact) mass is 396 g/mol. The SMILES string of the molecule is CC(C)(C)C(=O)c1ccc(CCC(=O)OC2COC(c3ccccc3)OC2)cc1. The van der Waals surface area contributed by atoms with Gasteiger partial charge in [0, 0.05) is 23.0 Å². The van der Waals surface area contributed by atoms with Crippen LogP contribution in [0.1, 0.15) is 55.0 Å². The molecule has 5 nitrogen and oxygen atoms in total. The Bertz CT molecular complexity index is 813. The maximum absolute atomic E-state index is 12.3. The van der Waals surface area contributed by atoms with Crippen molar-refractivity contribution in [2.75, 3.05) is 13.2 Å². The molecule has 0 spiro atoms. The number of ketones is 1. The second-order valence-corrected chi connectivity index (χ2v) is 8.30. The van der Waals surface area contributed by atoms with E-state index >= 15 is 0 Å². The zero-order valence-electron chi connectivity index (χ0n) is 17.2. The lowest BCUT2D eigenvalue weighted by atomic mass is 9.86. The van der Waals surface area contributed by atoms with Gasteiger partial charge >= 0.3 is 5.97 Å². The van der Waals surface area contributed by atoms with Crippen molar-refractivity contribution in [2.45, 2.75) is 46.0 Å². The Morgan fingerprint density at radius 1 is 0.966 bits per heavy atom. The zero-order chi connectivity index (χ0) is 20.9. The minimum Gasteiger partial charge on any atom is -0.457 e. The van der Waals surface area contributed by atoms with Crippen LogP contribution in [0, 0.1) is 5.41 Å². The molecule has 0 aliphatic carbocycles. The van der Waals surface area contributed by atoms with E-state index in [1.54, 1.807) is 0 Å². The Balaban J connectivity index is 1.42. The van der Waals surface area contributed by atoms with Crippen molar-refractivity contribution in [3.63, 3.8) is 0 Å². The number of carbonyl (C=O) groups excluding carboxylic acids is 2. The molecule has 0 amide bonds. The Hall–Kier alpha value is -2.50. The number of hydrogen-bond donors (Lipinski definition) is 0. The summed E-state index contributed by atoms with van der Waals surface area (Å²) in [5.74, 6) is -0.176. The minimum absolute atomic E-state index is 0.106. The molecule has 1 fully saturated rings. The number of ether oxygens (including phenoxy) is 3. The highest BCUT2D eigenvalue weighted by Crippen LogP contribution is 2.24. The summed E-state index contributed by atoms with van der Waals surface area (Å²) in [6.45, 7) is 6.34. The molecule has 2 aromatic rings. The summed E-state index contributed by atoms with van der Waals surface area (Å²) in [5.41, 5.74) is 2.22. The number of carbonyl (C=O) groups is 2. The molecule has 3 rings (SSSR count). The van der Waals surface area contributed by atoms with Gasteiger partial charge < -0.3 is 14.2 Å². The first-order valence-electron chi connectivity index (χ1n) is 9.94. The number of Topliss-reactive ketones (excluding diaryl/α,β-unsaturated/α-hetero) is 1. The van der Waals surface area contributed by atoms with Crippen LogP contribution in [0.25, 0.3) is 0 Å². The molecule has 154 valence electrons. The van der Waals surface area contributed by atoms with E-state index in [2.05, 4.69) is 0 Å². The summed E-state index contributed by atoms with van der Waals surface area (Å²) in [6, 6.07) is 17.1. The predicted molar refractivity (Wildman–Crippen MR) is 110 cm³/mol. The third-order valence-electron chi connectivity index (χ3n) is 4.75.